The van der Waals surface area contributed by atoms with Crippen LogP contribution in [0.1, 0.15) is 42.6 Å². The summed E-state index contributed by atoms with van der Waals surface area (Å²) in [7, 11) is 0. The van der Waals surface area contributed by atoms with Crippen LogP contribution in [0.4, 0.5) is 0 Å². The Morgan fingerprint density at radius 1 is 1.19 bits per heavy atom. The van der Waals surface area contributed by atoms with E-state index in [2.05, 4.69) is 41.1 Å². The molecule has 1 fully saturated rings. The fourth-order valence-corrected chi connectivity index (χ4v) is 4.48. The molecule has 5 rings (SSSR count). The highest BCUT2D eigenvalue weighted by Crippen LogP contribution is 2.38. The molecule has 1 aliphatic carbocycles. The molecule has 0 spiro atoms. The van der Waals surface area contributed by atoms with Crippen molar-refractivity contribution in [1.29, 1.82) is 0 Å². The van der Waals surface area contributed by atoms with E-state index in [9.17, 15) is 0 Å². The van der Waals surface area contributed by atoms with Crippen LogP contribution in [-0.4, -0.2) is 29.8 Å². The number of rotatable bonds is 3. The molecule has 134 valence electrons. The SMILES string of the molecule is CC(c1ccc2c(c1)OCO2)N1CCCC(C2=Cc3ncccc3C2)C1. The van der Waals surface area contributed by atoms with Gasteiger partial charge in [-0.1, -0.05) is 17.7 Å². The van der Waals surface area contributed by atoms with Crippen molar-refractivity contribution in [3.05, 3.63) is 58.9 Å². The topological polar surface area (TPSA) is 34.6 Å². The van der Waals surface area contributed by atoms with Crippen LogP contribution in [0.15, 0.2) is 42.1 Å². The predicted molar refractivity (Wildman–Crippen MR) is 101 cm³/mol. The van der Waals surface area contributed by atoms with Crippen molar-refractivity contribution in [1.82, 2.24) is 9.88 Å². The van der Waals surface area contributed by atoms with Gasteiger partial charge in [-0.15, -0.1) is 0 Å². The summed E-state index contributed by atoms with van der Waals surface area (Å²) in [5, 5.41) is 0. The van der Waals surface area contributed by atoms with E-state index in [-0.39, 0.29) is 0 Å². The third kappa shape index (κ3) is 2.78. The minimum atomic E-state index is 0.335. The molecule has 1 saturated heterocycles. The van der Waals surface area contributed by atoms with E-state index < -0.39 is 0 Å². The van der Waals surface area contributed by atoms with Gasteiger partial charge in [0.1, 0.15) is 0 Å². The molecule has 3 aliphatic rings. The summed E-state index contributed by atoms with van der Waals surface area (Å²) >= 11 is 0. The highest BCUT2D eigenvalue weighted by Gasteiger charge is 2.29. The number of ether oxygens (including phenoxy) is 2. The normalized spacial score (nSPS) is 22.8. The molecule has 2 unspecified atom stereocenters. The van der Waals surface area contributed by atoms with Crippen LogP contribution in [0.3, 0.4) is 0 Å². The lowest BCUT2D eigenvalue weighted by molar-refractivity contribution is 0.144. The summed E-state index contributed by atoms with van der Waals surface area (Å²) in [6.45, 7) is 4.92. The van der Waals surface area contributed by atoms with E-state index in [0.29, 0.717) is 18.8 Å². The van der Waals surface area contributed by atoms with Gasteiger partial charge in [0.15, 0.2) is 11.5 Å². The van der Waals surface area contributed by atoms with E-state index >= 15 is 0 Å². The van der Waals surface area contributed by atoms with Gasteiger partial charge in [0, 0.05) is 18.8 Å². The molecule has 0 N–H and O–H groups in total. The first-order chi connectivity index (χ1) is 12.8. The fraction of sp³-hybridized carbons (Fsp3) is 0.409. The quantitative estimate of drug-likeness (QED) is 0.832. The Kier molecular flexibility index (Phi) is 3.93. The number of hydrogen-bond acceptors (Lipinski definition) is 4. The molecule has 1 aromatic heterocycles. The summed E-state index contributed by atoms with van der Waals surface area (Å²) in [5.41, 5.74) is 5.41. The second-order valence-electron chi connectivity index (χ2n) is 7.57. The van der Waals surface area contributed by atoms with Crippen LogP contribution in [0.25, 0.3) is 6.08 Å². The Balaban J connectivity index is 1.32. The lowest BCUT2D eigenvalue weighted by atomic mass is 9.88. The molecular weight excluding hydrogens is 324 g/mol. The number of hydrogen-bond donors (Lipinski definition) is 0. The van der Waals surface area contributed by atoms with Crippen LogP contribution in [-0.2, 0) is 6.42 Å². The monoisotopic (exact) mass is 348 g/mol. The summed E-state index contributed by atoms with van der Waals surface area (Å²) < 4.78 is 11.0. The predicted octanol–water partition coefficient (Wildman–Crippen LogP) is 4.22. The Morgan fingerprint density at radius 3 is 3.04 bits per heavy atom. The zero-order chi connectivity index (χ0) is 17.5. The number of piperidine rings is 1. The highest BCUT2D eigenvalue weighted by atomic mass is 16.7. The highest BCUT2D eigenvalue weighted by molar-refractivity contribution is 5.60. The fourth-order valence-electron chi connectivity index (χ4n) is 4.48. The van der Waals surface area contributed by atoms with E-state index in [0.717, 1.165) is 31.0 Å². The van der Waals surface area contributed by atoms with Crippen molar-refractivity contribution in [2.24, 2.45) is 5.92 Å². The molecule has 0 saturated carbocycles. The Bertz CT molecular complexity index is 861. The zero-order valence-electron chi connectivity index (χ0n) is 15.1. The van der Waals surface area contributed by atoms with E-state index in [1.807, 2.05) is 18.3 Å². The van der Waals surface area contributed by atoms with Crippen molar-refractivity contribution >= 4 is 6.08 Å². The average molecular weight is 348 g/mol. The molecule has 3 heterocycles. The van der Waals surface area contributed by atoms with Gasteiger partial charge in [0.2, 0.25) is 6.79 Å². The van der Waals surface area contributed by atoms with Crippen molar-refractivity contribution in [2.45, 2.75) is 32.2 Å². The number of benzene rings is 1. The zero-order valence-corrected chi connectivity index (χ0v) is 15.1. The molecular formula is C22H24N2O2. The molecule has 2 atom stereocenters. The standard InChI is InChI=1S/C22H24N2O2/c1-15(16-6-7-21-22(12-16)26-14-25-21)24-9-3-5-18(13-24)19-10-17-4-2-8-23-20(17)11-19/h2,4,6-8,11-12,15,18H,3,5,9-10,13-14H2,1H3. The lowest BCUT2D eigenvalue weighted by Gasteiger charge is -2.37. The smallest absolute Gasteiger partial charge is 0.231 e. The lowest BCUT2D eigenvalue weighted by Crippen LogP contribution is -2.37. The molecule has 2 aliphatic heterocycles. The van der Waals surface area contributed by atoms with Crippen LogP contribution in [0, 0.1) is 5.92 Å². The van der Waals surface area contributed by atoms with E-state index in [1.54, 1.807) is 5.57 Å². The van der Waals surface area contributed by atoms with Crippen LogP contribution >= 0.6 is 0 Å². The average Bonchev–Trinajstić information content (AvgIpc) is 3.33. The van der Waals surface area contributed by atoms with Crippen LogP contribution in [0.2, 0.25) is 0 Å². The number of likely N-dealkylation sites (tertiary alicyclic amines) is 1. The van der Waals surface area contributed by atoms with E-state index in [4.69, 9.17) is 9.47 Å². The largest absolute Gasteiger partial charge is 0.454 e. The third-order valence-corrected chi connectivity index (χ3v) is 6.05. The Morgan fingerprint density at radius 2 is 2.12 bits per heavy atom. The van der Waals surface area contributed by atoms with Gasteiger partial charge in [0.05, 0.1) is 5.69 Å². The van der Waals surface area contributed by atoms with Gasteiger partial charge in [-0.3, -0.25) is 9.88 Å². The number of pyridine rings is 1. The minimum Gasteiger partial charge on any atom is -0.454 e. The van der Waals surface area contributed by atoms with Gasteiger partial charge in [-0.25, -0.2) is 0 Å². The number of aromatic nitrogens is 1. The van der Waals surface area contributed by atoms with E-state index in [1.165, 1.54) is 29.7 Å². The second-order valence-corrected chi connectivity index (χ2v) is 7.57. The molecule has 0 radical (unpaired) electrons. The number of fused-ring (bicyclic) bond motifs is 2. The molecule has 26 heavy (non-hydrogen) atoms. The van der Waals surface area contributed by atoms with Crippen LogP contribution < -0.4 is 9.47 Å². The molecule has 1 aromatic carbocycles. The minimum absolute atomic E-state index is 0.335. The molecule has 4 heteroatoms. The first-order valence-electron chi connectivity index (χ1n) is 9.56. The molecule has 0 amide bonds. The van der Waals surface area contributed by atoms with Crippen molar-refractivity contribution in [2.75, 3.05) is 19.9 Å². The Hall–Kier alpha value is -2.33. The molecule has 2 aromatic rings. The summed E-state index contributed by atoms with van der Waals surface area (Å²) in [5.74, 6) is 2.37. The van der Waals surface area contributed by atoms with Gasteiger partial charge in [0.25, 0.3) is 0 Å². The van der Waals surface area contributed by atoms with Gasteiger partial charge >= 0.3 is 0 Å². The summed E-state index contributed by atoms with van der Waals surface area (Å²) in [6.07, 6.45) is 7.83. The van der Waals surface area contributed by atoms with Crippen molar-refractivity contribution in [3.8, 4) is 11.5 Å². The number of nitrogens with zero attached hydrogens (tertiary/aromatic N) is 2. The Labute approximate surface area is 154 Å². The first kappa shape index (κ1) is 15.9. The molecule has 0 bridgehead atoms. The molecule has 4 nitrogen and oxygen atoms in total. The summed E-state index contributed by atoms with van der Waals surface area (Å²) in [4.78, 5) is 7.14. The van der Waals surface area contributed by atoms with Crippen LogP contribution in [0.5, 0.6) is 11.5 Å². The van der Waals surface area contributed by atoms with Crippen molar-refractivity contribution in [3.63, 3.8) is 0 Å². The van der Waals surface area contributed by atoms with Gasteiger partial charge in [-0.2, -0.15) is 0 Å². The van der Waals surface area contributed by atoms with Gasteiger partial charge in [-0.05, 0) is 74.1 Å². The maximum atomic E-state index is 5.56. The first-order valence-corrected chi connectivity index (χ1v) is 9.56. The summed E-state index contributed by atoms with van der Waals surface area (Å²) in [6, 6.07) is 11.0. The maximum absolute atomic E-state index is 5.56. The third-order valence-electron chi connectivity index (χ3n) is 6.05. The van der Waals surface area contributed by atoms with Gasteiger partial charge < -0.3 is 9.47 Å². The van der Waals surface area contributed by atoms with Crippen molar-refractivity contribution < 1.29 is 9.47 Å². The maximum Gasteiger partial charge on any atom is 0.231 e. The second kappa shape index (κ2) is 6.44.